The zero-order valence-electron chi connectivity index (χ0n) is 14.7. The van der Waals surface area contributed by atoms with E-state index in [4.69, 9.17) is 5.73 Å². The molecule has 1 aromatic rings. The Kier molecular flexibility index (Phi) is 6.31. The molecule has 144 valence electrons. The summed E-state index contributed by atoms with van der Waals surface area (Å²) < 4.78 is 26.5. The minimum Gasteiger partial charge on any atom is -0.349 e. The Balaban J connectivity index is 0.00000243. The molecule has 2 aliphatic rings. The van der Waals surface area contributed by atoms with E-state index in [1.54, 1.807) is 24.3 Å². The molecule has 1 saturated carbocycles. The molecule has 1 atom stereocenters. The molecule has 9 heteroatoms. The van der Waals surface area contributed by atoms with Crippen molar-refractivity contribution in [2.24, 2.45) is 16.6 Å². The van der Waals surface area contributed by atoms with Gasteiger partial charge in [0.15, 0.2) is 0 Å². The zero-order chi connectivity index (χ0) is 18.1. The van der Waals surface area contributed by atoms with Crippen molar-refractivity contribution in [1.82, 2.24) is 10.0 Å². The first-order chi connectivity index (χ1) is 11.9. The van der Waals surface area contributed by atoms with Gasteiger partial charge in [0.25, 0.3) is 10.0 Å². The molecule has 0 spiro atoms. The van der Waals surface area contributed by atoms with Gasteiger partial charge in [0.2, 0.25) is 5.91 Å². The first-order valence-electron chi connectivity index (χ1n) is 8.53. The molecule has 4 N–H and O–H groups in total. The third-order valence-corrected chi connectivity index (χ3v) is 6.22. The smallest absolute Gasteiger partial charge is 0.263 e. The highest BCUT2D eigenvalue weighted by molar-refractivity contribution is 7.90. The molecule has 1 heterocycles. The van der Waals surface area contributed by atoms with Crippen molar-refractivity contribution in [2.45, 2.75) is 43.0 Å². The van der Waals surface area contributed by atoms with Crippen molar-refractivity contribution in [3.05, 3.63) is 29.8 Å². The van der Waals surface area contributed by atoms with Crippen molar-refractivity contribution in [1.29, 1.82) is 0 Å². The molecule has 0 radical (unpaired) electrons. The molecule has 3 rings (SSSR count). The van der Waals surface area contributed by atoms with E-state index in [-0.39, 0.29) is 28.7 Å². The van der Waals surface area contributed by atoms with Crippen LogP contribution in [-0.2, 0) is 14.8 Å². The lowest BCUT2D eigenvalue weighted by molar-refractivity contribution is -0.123. The number of carbonyl (C=O) groups excluding carboxylic acids is 1. The van der Waals surface area contributed by atoms with E-state index in [0.717, 1.165) is 12.8 Å². The summed E-state index contributed by atoms with van der Waals surface area (Å²) in [6.45, 7) is 2.81. The lowest BCUT2D eigenvalue weighted by atomic mass is 9.95. The van der Waals surface area contributed by atoms with Gasteiger partial charge in [-0.3, -0.25) is 14.5 Å². The first-order valence-corrected chi connectivity index (χ1v) is 10.0. The SMILES string of the molecule is CC(CN)(NC(=O)CCCN=C1NS(=O)(=O)c2ccccc21)C1CC1.Cl. The predicted molar refractivity (Wildman–Crippen MR) is 103 cm³/mol. The zero-order valence-corrected chi connectivity index (χ0v) is 16.3. The fraction of sp³-hybridized carbons (Fsp3) is 0.529. The largest absolute Gasteiger partial charge is 0.349 e. The van der Waals surface area contributed by atoms with E-state index < -0.39 is 10.0 Å². The second kappa shape index (κ2) is 7.94. The molecule has 1 aliphatic carbocycles. The van der Waals surface area contributed by atoms with Crippen molar-refractivity contribution in [3.63, 3.8) is 0 Å². The van der Waals surface area contributed by atoms with Crippen LogP contribution in [0.25, 0.3) is 0 Å². The number of halogens is 1. The number of aliphatic imine (C=N–C) groups is 1. The number of fused-ring (bicyclic) bond motifs is 1. The predicted octanol–water partition coefficient (Wildman–Crippen LogP) is 1.17. The van der Waals surface area contributed by atoms with Crippen molar-refractivity contribution >= 4 is 34.2 Å². The van der Waals surface area contributed by atoms with Crippen LogP contribution in [0.1, 0.15) is 38.2 Å². The Hall–Kier alpha value is -1.64. The molecular weight excluding hydrogens is 376 g/mol. The van der Waals surface area contributed by atoms with Gasteiger partial charge >= 0.3 is 0 Å². The number of nitrogens with one attached hydrogen (secondary N) is 2. The standard InChI is InChI=1S/C17H24N4O3S.ClH/c1-17(11-18,12-8-9-12)20-15(22)7-4-10-19-16-13-5-2-3-6-14(13)25(23,24)21-16;/h2-3,5-6,12H,4,7-11,18H2,1H3,(H,19,21)(H,20,22);1H. The molecule has 1 unspecified atom stereocenters. The summed E-state index contributed by atoms with van der Waals surface area (Å²) in [4.78, 5) is 16.7. The fourth-order valence-corrected chi connectivity index (χ4v) is 4.35. The summed E-state index contributed by atoms with van der Waals surface area (Å²) in [7, 11) is -3.51. The number of hydrogen-bond donors (Lipinski definition) is 3. The van der Waals surface area contributed by atoms with Gasteiger partial charge in [0.1, 0.15) is 5.84 Å². The van der Waals surface area contributed by atoms with Crippen LogP contribution in [0.3, 0.4) is 0 Å². The van der Waals surface area contributed by atoms with E-state index in [2.05, 4.69) is 15.0 Å². The lowest BCUT2D eigenvalue weighted by Gasteiger charge is -2.29. The maximum atomic E-state index is 12.1. The Morgan fingerprint density at radius 2 is 2.08 bits per heavy atom. The van der Waals surface area contributed by atoms with E-state index in [0.29, 0.717) is 43.2 Å². The van der Waals surface area contributed by atoms with Gasteiger partial charge in [-0.05, 0) is 44.2 Å². The lowest BCUT2D eigenvalue weighted by Crippen LogP contribution is -2.53. The fourth-order valence-electron chi connectivity index (χ4n) is 3.10. The number of benzene rings is 1. The summed E-state index contributed by atoms with van der Waals surface area (Å²) in [5.74, 6) is 0.791. The van der Waals surface area contributed by atoms with Gasteiger partial charge in [-0.1, -0.05) is 12.1 Å². The van der Waals surface area contributed by atoms with Gasteiger partial charge in [-0.15, -0.1) is 12.4 Å². The molecule has 0 saturated heterocycles. The molecular formula is C17H25ClN4O3S. The normalized spacial score (nSPS) is 21.2. The third-order valence-electron chi connectivity index (χ3n) is 4.82. The number of amides is 1. The molecule has 7 nitrogen and oxygen atoms in total. The topological polar surface area (TPSA) is 114 Å². The van der Waals surface area contributed by atoms with Crippen LogP contribution < -0.4 is 15.8 Å². The minimum atomic E-state index is -3.51. The number of nitrogens with zero attached hydrogens (tertiary/aromatic N) is 1. The van der Waals surface area contributed by atoms with Crippen LogP contribution in [0, 0.1) is 5.92 Å². The number of carbonyl (C=O) groups is 1. The maximum Gasteiger partial charge on any atom is 0.263 e. The summed E-state index contributed by atoms with van der Waals surface area (Å²) in [5, 5.41) is 3.04. The average Bonchev–Trinajstić information content (AvgIpc) is 3.39. The van der Waals surface area contributed by atoms with E-state index in [1.807, 2.05) is 6.92 Å². The number of rotatable bonds is 7. The highest BCUT2D eigenvalue weighted by Gasteiger charge is 2.41. The molecule has 1 aromatic carbocycles. The second-order valence-electron chi connectivity index (χ2n) is 6.88. The molecule has 0 aromatic heterocycles. The van der Waals surface area contributed by atoms with Crippen molar-refractivity contribution < 1.29 is 13.2 Å². The Bertz CT molecular complexity index is 808. The van der Waals surface area contributed by atoms with Crippen LogP contribution in [0.2, 0.25) is 0 Å². The van der Waals surface area contributed by atoms with Crippen molar-refractivity contribution in [2.75, 3.05) is 13.1 Å². The highest BCUT2D eigenvalue weighted by atomic mass is 35.5. The van der Waals surface area contributed by atoms with Crippen LogP contribution in [0.4, 0.5) is 0 Å². The van der Waals surface area contributed by atoms with Crippen LogP contribution >= 0.6 is 12.4 Å². The highest BCUT2D eigenvalue weighted by Crippen LogP contribution is 2.39. The minimum absolute atomic E-state index is 0. The van der Waals surface area contributed by atoms with Gasteiger partial charge in [0.05, 0.1) is 10.4 Å². The van der Waals surface area contributed by atoms with Gasteiger partial charge in [-0.25, -0.2) is 8.42 Å². The third kappa shape index (κ3) is 4.36. The molecule has 1 fully saturated rings. The monoisotopic (exact) mass is 400 g/mol. The van der Waals surface area contributed by atoms with Gasteiger partial charge in [0, 0.05) is 25.1 Å². The first kappa shape index (κ1) is 20.7. The number of sulfonamides is 1. The summed E-state index contributed by atoms with van der Waals surface area (Å²) in [5.41, 5.74) is 6.07. The van der Waals surface area contributed by atoms with Crippen LogP contribution in [-0.4, -0.2) is 38.8 Å². The molecule has 0 bridgehead atoms. The Morgan fingerprint density at radius 3 is 2.73 bits per heavy atom. The average molecular weight is 401 g/mol. The molecule has 26 heavy (non-hydrogen) atoms. The van der Waals surface area contributed by atoms with Crippen molar-refractivity contribution in [3.8, 4) is 0 Å². The Morgan fingerprint density at radius 1 is 1.38 bits per heavy atom. The van der Waals surface area contributed by atoms with E-state index in [1.165, 1.54) is 0 Å². The van der Waals surface area contributed by atoms with Gasteiger partial charge in [-0.2, -0.15) is 0 Å². The molecule has 1 aliphatic heterocycles. The summed E-state index contributed by atoms with van der Waals surface area (Å²) >= 11 is 0. The number of nitrogens with two attached hydrogens (primary N) is 1. The second-order valence-corrected chi connectivity index (χ2v) is 8.53. The summed E-state index contributed by atoms with van der Waals surface area (Å²) in [6.07, 6.45) is 3.11. The van der Waals surface area contributed by atoms with E-state index in [9.17, 15) is 13.2 Å². The number of hydrogen-bond acceptors (Lipinski definition) is 5. The molecule has 1 amide bonds. The number of amidine groups is 1. The van der Waals surface area contributed by atoms with Gasteiger partial charge < -0.3 is 11.1 Å². The Labute approximate surface area is 160 Å². The van der Waals surface area contributed by atoms with Crippen LogP contribution in [0.15, 0.2) is 34.2 Å². The van der Waals surface area contributed by atoms with E-state index >= 15 is 0 Å². The van der Waals surface area contributed by atoms with Crippen LogP contribution in [0.5, 0.6) is 0 Å². The quantitative estimate of drug-likeness (QED) is 0.596. The summed E-state index contributed by atoms with van der Waals surface area (Å²) in [6, 6.07) is 6.73. The maximum absolute atomic E-state index is 12.1.